The number of carbonyl (C=O) groups is 1. The summed E-state index contributed by atoms with van der Waals surface area (Å²) in [6.45, 7) is 0.611. The summed E-state index contributed by atoms with van der Waals surface area (Å²) in [6.07, 6.45) is 3.40. The van der Waals surface area contributed by atoms with Crippen molar-refractivity contribution < 1.29 is 9.90 Å². The standard InChI is InChI=1S/C13H11NO3/c15-12-5-7-14(8-6-12)9-10-1-3-11(4-2-10)13(16)17/h1-8H,9H2,(H,16,17). The molecular formula is C13H11NO3. The molecule has 4 heteroatoms. The van der Waals surface area contributed by atoms with E-state index in [9.17, 15) is 9.59 Å². The molecule has 2 aromatic rings. The van der Waals surface area contributed by atoms with Crippen LogP contribution in [-0.4, -0.2) is 15.6 Å². The Morgan fingerprint density at radius 1 is 1.06 bits per heavy atom. The van der Waals surface area contributed by atoms with Gasteiger partial charge in [-0.15, -0.1) is 0 Å². The maximum atomic E-state index is 10.9. The van der Waals surface area contributed by atoms with Gasteiger partial charge < -0.3 is 9.67 Å². The van der Waals surface area contributed by atoms with Crippen molar-refractivity contribution >= 4 is 5.97 Å². The minimum absolute atomic E-state index is 0.0255. The number of rotatable bonds is 3. The van der Waals surface area contributed by atoms with Crippen LogP contribution in [0.5, 0.6) is 0 Å². The number of benzene rings is 1. The molecule has 0 bridgehead atoms. The zero-order chi connectivity index (χ0) is 12.3. The first-order valence-corrected chi connectivity index (χ1v) is 5.13. The van der Waals surface area contributed by atoms with Crippen LogP contribution < -0.4 is 5.43 Å². The van der Waals surface area contributed by atoms with E-state index in [-0.39, 0.29) is 11.0 Å². The molecule has 86 valence electrons. The zero-order valence-corrected chi connectivity index (χ0v) is 9.04. The van der Waals surface area contributed by atoms with Crippen molar-refractivity contribution in [3.63, 3.8) is 0 Å². The second-order valence-corrected chi connectivity index (χ2v) is 3.71. The highest BCUT2D eigenvalue weighted by molar-refractivity contribution is 5.87. The molecule has 1 N–H and O–H groups in total. The maximum absolute atomic E-state index is 10.9. The van der Waals surface area contributed by atoms with Crippen LogP contribution in [0.4, 0.5) is 0 Å². The number of pyridine rings is 1. The predicted octanol–water partition coefficient (Wildman–Crippen LogP) is 1.59. The van der Waals surface area contributed by atoms with Crippen LogP contribution in [0, 0.1) is 0 Å². The normalized spacial score (nSPS) is 10.1. The van der Waals surface area contributed by atoms with Gasteiger partial charge in [0, 0.05) is 31.1 Å². The van der Waals surface area contributed by atoms with E-state index < -0.39 is 5.97 Å². The summed E-state index contributed by atoms with van der Waals surface area (Å²) in [7, 11) is 0. The number of carboxylic acids is 1. The molecule has 1 aromatic heterocycles. The highest BCUT2D eigenvalue weighted by atomic mass is 16.4. The molecule has 0 saturated heterocycles. The van der Waals surface area contributed by atoms with E-state index in [4.69, 9.17) is 5.11 Å². The topological polar surface area (TPSA) is 59.3 Å². The summed E-state index contributed by atoms with van der Waals surface area (Å²) >= 11 is 0. The highest BCUT2D eigenvalue weighted by Crippen LogP contribution is 2.06. The lowest BCUT2D eigenvalue weighted by Gasteiger charge is -2.05. The highest BCUT2D eigenvalue weighted by Gasteiger charge is 2.01. The Morgan fingerprint density at radius 2 is 1.65 bits per heavy atom. The lowest BCUT2D eigenvalue weighted by Crippen LogP contribution is -2.05. The summed E-state index contributed by atoms with van der Waals surface area (Å²) in [5, 5.41) is 8.76. The first kappa shape index (κ1) is 11.1. The van der Waals surface area contributed by atoms with Crippen LogP contribution >= 0.6 is 0 Å². The van der Waals surface area contributed by atoms with Gasteiger partial charge in [0.1, 0.15) is 0 Å². The van der Waals surface area contributed by atoms with Crippen molar-refractivity contribution in [2.45, 2.75) is 6.54 Å². The monoisotopic (exact) mass is 229 g/mol. The molecule has 0 aliphatic carbocycles. The molecular weight excluding hydrogens is 218 g/mol. The molecule has 0 saturated carbocycles. The van der Waals surface area contributed by atoms with Crippen LogP contribution in [0.1, 0.15) is 15.9 Å². The Kier molecular flexibility index (Phi) is 3.05. The van der Waals surface area contributed by atoms with Crippen molar-refractivity contribution in [1.29, 1.82) is 0 Å². The number of hydrogen-bond donors (Lipinski definition) is 1. The van der Waals surface area contributed by atoms with Crippen LogP contribution in [0.15, 0.2) is 53.6 Å². The third kappa shape index (κ3) is 2.81. The lowest BCUT2D eigenvalue weighted by atomic mass is 10.1. The van der Waals surface area contributed by atoms with Gasteiger partial charge in [-0.1, -0.05) is 12.1 Å². The van der Waals surface area contributed by atoms with E-state index in [0.717, 1.165) is 5.56 Å². The average molecular weight is 229 g/mol. The van der Waals surface area contributed by atoms with E-state index in [1.165, 1.54) is 12.1 Å². The van der Waals surface area contributed by atoms with Crippen LogP contribution in [0.25, 0.3) is 0 Å². The molecule has 2 rings (SSSR count). The van der Waals surface area contributed by atoms with Crippen molar-refractivity contribution in [3.8, 4) is 0 Å². The number of aromatic nitrogens is 1. The third-order valence-corrected chi connectivity index (χ3v) is 2.43. The minimum Gasteiger partial charge on any atom is -0.478 e. The summed E-state index contributed by atoms with van der Waals surface area (Å²) in [5.74, 6) is -0.931. The SMILES string of the molecule is O=C(O)c1ccc(Cn2ccc(=O)cc2)cc1. The number of aromatic carboxylic acids is 1. The van der Waals surface area contributed by atoms with Gasteiger partial charge in [0.15, 0.2) is 5.43 Å². The molecule has 0 spiro atoms. The van der Waals surface area contributed by atoms with Gasteiger partial charge in [0.05, 0.1) is 5.56 Å². The first-order valence-electron chi connectivity index (χ1n) is 5.13. The molecule has 4 nitrogen and oxygen atoms in total. The molecule has 0 fully saturated rings. The van der Waals surface area contributed by atoms with E-state index in [1.54, 1.807) is 36.7 Å². The fourth-order valence-electron chi connectivity index (χ4n) is 1.51. The van der Waals surface area contributed by atoms with Gasteiger partial charge in [-0.05, 0) is 17.7 Å². The molecule has 0 aliphatic heterocycles. The molecule has 1 aromatic carbocycles. The molecule has 1 heterocycles. The molecule has 0 radical (unpaired) electrons. The minimum atomic E-state index is -0.931. The second-order valence-electron chi connectivity index (χ2n) is 3.71. The fraction of sp³-hybridized carbons (Fsp3) is 0.0769. The van der Waals surface area contributed by atoms with Crippen molar-refractivity contribution in [3.05, 3.63) is 70.1 Å². The van der Waals surface area contributed by atoms with Crippen molar-refractivity contribution in [2.75, 3.05) is 0 Å². The molecule has 0 unspecified atom stereocenters. The summed E-state index contributed by atoms with van der Waals surface area (Å²) in [5.41, 5.74) is 1.23. The van der Waals surface area contributed by atoms with Gasteiger partial charge in [-0.2, -0.15) is 0 Å². The summed E-state index contributed by atoms with van der Waals surface area (Å²) in [6, 6.07) is 9.65. The Bertz CT molecular complexity index is 564. The predicted molar refractivity (Wildman–Crippen MR) is 63.2 cm³/mol. The largest absolute Gasteiger partial charge is 0.478 e. The van der Waals surface area contributed by atoms with Gasteiger partial charge in [-0.25, -0.2) is 4.79 Å². The maximum Gasteiger partial charge on any atom is 0.335 e. The third-order valence-electron chi connectivity index (χ3n) is 2.43. The Balaban J connectivity index is 2.16. The second kappa shape index (κ2) is 4.65. The number of hydrogen-bond acceptors (Lipinski definition) is 2. The van der Waals surface area contributed by atoms with E-state index in [0.29, 0.717) is 6.54 Å². The fourth-order valence-corrected chi connectivity index (χ4v) is 1.51. The smallest absolute Gasteiger partial charge is 0.335 e. The molecule has 0 aliphatic rings. The number of nitrogens with zero attached hydrogens (tertiary/aromatic N) is 1. The van der Waals surface area contributed by atoms with E-state index >= 15 is 0 Å². The molecule has 0 atom stereocenters. The quantitative estimate of drug-likeness (QED) is 0.869. The average Bonchev–Trinajstić information content (AvgIpc) is 2.33. The summed E-state index contributed by atoms with van der Waals surface area (Å²) < 4.78 is 1.86. The lowest BCUT2D eigenvalue weighted by molar-refractivity contribution is 0.0697. The van der Waals surface area contributed by atoms with Crippen molar-refractivity contribution in [2.24, 2.45) is 0 Å². The van der Waals surface area contributed by atoms with Crippen LogP contribution in [0.2, 0.25) is 0 Å². The molecule has 0 amide bonds. The Hall–Kier alpha value is -2.36. The zero-order valence-electron chi connectivity index (χ0n) is 9.04. The van der Waals surface area contributed by atoms with Crippen LogP contribution in [-0.2, 0) is 6.54 Å². The first-order chi connectivity index (χ1) is 8.15. The number of carboxylic acid groups (broad SMARTS) is 1. The van der Waals surface area contributed by atoms with Gasteiger partial charge in [-0.3, -0.25) is 4.79 Å². The van der Waals surface area contributed by atoms with Gasteiger partial charge >= 0.3 is 5.97 Å². The van der Waals surface area contributed by atoms with E-state index in [2.05, 4.69) is 0 Å². The Morgan fingerprint density at radius 3 is 2.18 bits per heavy atom. The van der Waals surface area contributed by atoms with Gasteiger partial charge in [0.2, 0.25) is 0 Å². The van der Waals surface area contributed by atoms with Gasteiger partial charge in [0.25, 0.3) is 0 Å². The van der Waals surface area contributed by atoms with Crippen LogP contribution in [0.3, 0.4) is 0 Å². The summed E-state index contributed by atoms with van der Waals surface area (Å²) in [4.78, 5) is 21.6. The van der Waals surface area contributed by atoms with E-state index in [1.807, 2.05) is 4.57 Å². The molecule has 17 heavy (non-hydrogen) atoms. The Labute approximate surface area is 97.8 Å². The van der Waals surface area contributed by atoms with Crippen molar-refractivity contribution in [1.82, 2.24) is 4.57 Å².